The highest BCUT2D eigenvalue weighted by molar-refractivity contribution is 7.89. The minimum atomic E-state index is -3.66. The molecular formula is C15H24N2O3S. The second-order valence-electron chi connectivity index (χ2n) is 5.49. The van der Waals surface area contributed by atoms with Gasteiger partial charge in [0.2, 0.25) is 10.0 Å². The van der Waals surface area contributed by atoms with Gasteiger partial charge in [0.1, 0.15) is 0 Å². The average molecular weight is 312 g/mol. The van der Waals surface area contributed by atoms with Crippen LogP contribution in [0.5, 0.6) is 0 Å². The van der Waals surface area contributed by atoms with Gasteiger partial charge in [-0.1, -0.05) is 32.9 Å². The minimum absolute atomic E-state index is 0.0791. The van der Waals surface area contributed by atoms with Crippen molar-refractivity contribution in [1.29, 1.82) is 0 Å². The minimum Gasteiger partial charge on any atom is -0.329 e. The first kappa shape index (κ1) is 17.8. The van der Waals surface area contributed by atoms with Crippen molar-refractivity contribution >= 4 is 15.8 Å². The molecule has 5 nitrogen and oxygen atoms in total. The molecule has 0 heterocycles. The fourth-order valence-corrected chi connectivity index (χ4v) is 3.40. The van der Waals surface area contributed by atoms with E-state index in [1.807, 2.05) is 13.8 Å². The highest BCUT2D eigenvalue weighted by Crippen LogP contribution is 2.15. The molecule has 1 aromatic rings. The van der Waals surface area contributed by atoms with Crippen molar-refractivity contribution in [3.63, 3.8) is 0 Å². The van der Waals surface area contributed by atoms with Gasteiger partial charge in [0, 0.05) is 24.6 Å². The number of rotatable bonds is 8. The third-order valence-electron chi connectivity index (χ3n) is 3.15. The standard InChI is InChI=1S/C15H24N2O3S/c1-4-15(18)12-6-5-7-14(9-12)21(19,20)17-13(10-16)8-11(2)3/h5-7,9,11,13,17H,4,8,10,16H2,1-3H3. The maximum absolute atomic E-state index is 12.4. The summed E-state index contributed by atoms with van der Waals surface area (Å²) in [4.78, 5) is 11.8. The van der Waals surface area contributed by atoms with Gasteiger partial charge in [0.15, 0.2) is 5.78 Å². The summed E-state index contributed by atoms with van der Waals surface area (Å²) in [5.41, 5.74) is 6.04. The number of Topliss-reactive ketones (excluding diaryl/α,β-unsaturated/α-hetero) is 1. The fraction of sp³-hybridized carbons (Fsp3) is 0.533. The van der Waals surface area contributed by atoms with E-state index in [4.69, 9.17) is 5.73 Å². The molecule has 21 heavy (non-hydrogen) atoms. The van der Waals surface area contributed by atoms with Crippen molar-refractivity contribution in [1.82, 2.24) is 4.72 Å². The lowest BCUT2D eigenvalue weighted by Gasteiger charge is -2.19. The lowest BCUT2D eigenvalue weighted by Crippen LogP contribution is -2.41. The summed E-state index contributed by atoms with van der Waals surface area (Å²) in [5.74, 6) is 0.263. The zero-order valence-corrected chi connectivity index (χ0v) is 13.6. The summed E-state index contributed by atoms with van der Waals surface area (Å²) in [5, 5.41) is 0. The molecule has 0 spiro atoms. The summed E-state index contributed by atoms with van der Waals surface area (Å²) in [6.45, 7) is 6.01. The molecule has 0 saturated heterocycles. The Balaban J connectivity index is 2.99. The van der Waals surface area contributed by atoms with Crippen LogP contribution in [0.15, 0.2) is 29.2 Å². The van der Waals surface area contributed by atoms with Crippen LogP contribution in [0, 0.1) is 5.92 Å². The Morgan fingerprint density at radius 3 is 2.52 bits per heavy atom. The average Bonchev–Trinajstić information content (AvgIpc) is 2.45. The topological polar surface area (TPSA) is 89.3 Å². The molecule has 0 fully saturated rings. The number of hydrogen-bond acceptors (Lipinski definition) is 4. The van der Waals surface area contributed by atoms with E-state index in [0.29, 0.717) is 24.3 Å². The molecular weight excluding hydrogens is 288 g/mol. The molecule has 0 aliphatic heterocycles. The van der Waals surface area contributed by atoms with Gasteiger partial charge in [-0.25, -0.2) is 13.1 Å². The van der Waals surface area contributed by atoms with E-state index in [1.165, 1.54) is 12.1 Å². The summed E-state index contributed by atoms with van der Waals surface area (Å²) in [6, 6.07) is 5.80. The largest absolute Gasteiger partial charge is 0.329 e. The van der Waals surface area contributed by atoms with Gasteiger partial charge in [0.05, 0.1) is 4.90 Å². The molecule has 6 heteroatoms. The van der Waals surface area contributed by atoms with Gasteiger partial charge in [-0.05, 0) is 24.5 Å². The van der Waals surface area contributed by atoms with Crippen LogP contribution >= 0.6 is 0 Å². The zero-order chi connectivity index (χ0) is 16.0. The van der Waals surface area contributed by atoms with Crippen molar-refractivity contribution in [2.75, 3.05) is 6.54 Å². The molecule has 0 saturated carbocycles. The smallest absolute Gasteiger partial charge is 0.240 e. The summed E-state index contributed by atoms with van der Waals surface area (Å²) < 4.78 is 27.3. The maximum atomic E-state index is 12.4. The molecule has 1 unspecified atom stereocenters. The highest BCUT2D eigenvalue weighted by Gasteiger charge is 2.20. The third-order valence-corrected chi connectivity index (χ3v) is 4.67. The molecule has 118 valence electrons. The van der Waals surface area contributed by atoms with E-state index in [0.717, 1.165) is 0 Å². The van der Waals surface area contributed by atoms with Crippen LogP contribution in [0.4, 0.5) is 0 Å². The van der Waals surface area contributed by atoms with E-state index in [2.05, 4.69) is 4.72 Å². The van der Waals surface area contributed by atoms with E-state index in [-0.39, 0.29) is 23.3 Å². The first-order valence-corrected chi connectivity index (χ1v) is 8.64. The molecule has 0 amide bonds. The lowest BCUT2D eigenvalue weighted by molar-refractivity contribution is 0.0988. The Labute approximate surface area is 127 Å². The Bertz CT molecular complexity index is 582. The van der Waals surface area contributed by atoms with Gasteiger partial charge in [-0.3, -0.25) is 4.79 Å². The van der Waals surface area contributed by atoms with Crippen molar-refractivity contribution < 1.29 is 13.2 Å². The van der Waals surface area contributed by atoms with Crippen molar-refractivity contribution in [3.05, 3.63) is 29.8 Å². The molecule has 1 aromatic carbocycles. The maximum Gasteiger partial charge on any atom is 0.240 e. The SMILES string of the molecule is CCC(=O)c1cccc(S(=O)(=O)NC(CN)CC(C)C)c1. The molecule has 1 atom stereocenters. The van der Waals surface area contributed by atoms with E-state index >= 15 is 0 Å². The van der Waals surface area contributed by atoms with Crippen LogP contribution < -0.4 is 10.5 Å². The van der Waals surface area contributed by atoms with Crippen molar-refractivity contribution in [3.8, 4) is 0 Å². The van der Waals surface area contributed by atoms with Gasteiger partial charge in [-0.15, -0.1) is 0 Å². The molecule has 0 radical (unpaired) electrons. The molecule has 1 rings (SSSR count). The van der Waals surface area contributed by atoms with E-state index in [9.17, 15) is 13.2 Å². The monoisotopic (exact) mass is 312 g/mol. The lowest BCUT2D eigenvalue weighted by atomic mass is 10.1. The van der Waals surface area contributed by atoms with Gasteiger partial charge >= 0.3 is 0 Å². The van der Waals surface area contributed by atoms with Crippen LogP contribution in [0.25, 0.3) is 0 Å². The van der Waals surface area contributed by atoms with Crippen molar-refractivity contribution in [2.24, 2.45) is 11.7 Å². The Hall–Kier alpha value is -1.24. The molecule has 0 aliphatic carbocycles. The van der Waals surface area contributed by atoms with E-state index < -0.39 is 10.0 Å². The molecule has 0 bridgehead atoms. The van der Waals surface area contributed by atoms with E-state index in [1.54, 1.807) is 19.1 Å². The summed E-state index contributed by atoms with van der Waals surface area (Å²) >= 11 is 0. The Kier molecular flexibility index (Phi) is 6.51. The van der Waals surface area contributed by atoms with Gasteiger partial charge < -0.3 is 5.73 Å². The third kappa shape index (κ3) is 5.22. The summed E-state index contributed by atoms with van der Waals surface area (Å²) in [6.07, 6.45) is 1.01. The second-order valence-corrected chi connectivity index (χ2v) is 7.20. The fourth-order valence-electron chi connectivity index (χ4n) is 2.09. The number of nitrogens with two attached hydrogens (primary N) is 1. The van der Waals surface area contributed by atoms with Crippen LogP contribution in [-0.2, 0) is 10.0 Å². The van der Waals surface area contributed by atoms with Crippen LogP contribution in [-0.4, -0.2) is 26.8 Å². The first-order valence-electron chi connectivity index (χ1n) is 7.15. The summed E-state index contributed by atoms with van der Waals surface area (Å²) in [7, 11) is -3.66. The number of ketones is 1. The normalized spacial score (nSPS) is 13.4. The molecule has 3 N–H and O–H groups in total. The first-order chi connectivity index (χ1) is 9.80. The molecule has 0 aliphatic rings. The number of hydrogen-bond donors (Lipinski definition) is 2. The second kappa shape index (κ2) is 7.68. The van der Waals surface area contributed by atoms with Crippen molar-refractivity contribution in [2.45, 2.75) is 44.6 Å². The number of carbonyl (C=O) groups is 1. The van der Waals surface area contributed by atoms with Gasteiger partial charge in [0.25, 0.3) is 0 Å². The predicted molar refractivity (Wildman–Crippen MR) is 83.7 cm³/mol. The Morgan fingerprint density at radius 2 is 2.00 bits per heavy atom. The number of nitrogens with one attached hydrogen (secondary N) is 1. The zero-order valence-electron chi connectivity index (χ0n) is 12.8. The van der Waals surface area contributed by atoms with Crippen LogP contribution in [0.3, 0.4) is 0 Å². The number of carbonyl (C=O) groups excluding carboxylic acids is 1. The number of sulfonamides is 1. The highest BCUT2D eigenvalue weighted by atomic mass is 32.2. The van der Waals surface area contributed by atoms with Crippen LogP contribution in [0.2, 0.25) is 0 Å². The van der Waals surface area contributed by atoms with Crippen LogP contribution in [0.1, 0.15) is 44.0 Å². The molecule has 0 aromatic heterocycles. The predicted octanol–water partition coefficient (Wildman–Crippen LogP) is 1.93. The quantitative estimate of drug-likeness (QED) is 0.718. The Morgan fingerprint density at radius 1 is 1.33 bits per heavy atom. The number of benzene rings is 1. The van der Waals surface area contributed by atoms with Gasteiger partial charge in [-0.2, -0.15) is 0 Å².